The van der Waals surface area contributed by atoms with E-state index in [1.165, 1.54) is 5.57 Å². The quantitative estimate of drug-likeness (QED) is 0.671. The van der Waals surface area contributed by atoms with Crippen molar-refractivity contribution >= 4 is 5.97 Å². The van der Waals surface area contributed by atoms with Gasteiger partial charge in [-0.05, 0) is 67.8 Å². The van der Waals surface area contributed by atoms with Crippen LogP contribution in [0.25, 0.3) is 0 Å². The summed E-state index contributed by atoms with van der Waals surface area (Å²) in [4.78, 5) is 13.1. The molecule has 1 N–H and O–H groups in total. The number of fused-ring (bicyclic) bond motifs is 3. The minimum absolute atomic E-state index is 0.0151. The Kier molecular flexibility index (Phi) is 3.75. The minimum Gasteiger partial charge on any atom is -0.469 e. The zero-order valence-corrected chi connectivity index (χ0v) is 15.8. The lowest BCUT2D eigenvalue weighted by atomic mass is 9.51. The summed E-state index contributed by atoms with van der Waals surface area (Å²) in [6.07, 6.45) is 8.08. The first-order chi connectivity index (χ1) is 12.4. The van der Waals surface area contributed by atoms with Gasteiger partial charge in [-0.2, -0.15) is 0 Å². The monoisotopic (exact) mass is 362 g/mol. The summed E-state index contributed by atoms with van der Waals surface area (Å²) in [5.41, 5.74) is 1.37. The summed E-state index contributed by atoms with van der Waals surface area (Å²) >= 11 is 0. The molecule has 5 aliphatic rings. The van der Waals surface area contributed by atoms with Gasteiger partial charge in [0.15, 0.2) is 0 Å². The Labute approximate surface area is 155 Å². The van der Waals surface area contributed by atoms with Gasteiger partial charge in [0.05, 0.1) is 30.8 Å². The second-order valence-electron chi connectivity index (χ2n) is 9.55. The summed E-state index contributed by atoms with van der Waals surface area (Å²) in [6.45, 7) is 4.74. The summed E-state index contributed by atoms with van der Waals surface area (Å²) < 4.78 is 17.7. The first-order valence-corrected chi connectivity index (χ1v) is 10.3. The number of esters is 1. The predicted octanol–water partition coefficient (Wildman–Crippen LogP) is 3.16. The Balaban J connectivity index is 1.47. The molecule has 0 radical (unpaired) electrons. The van der Waals surface area contributed by atoms with E-state index in [4.69, 9.17) is 14.2 Å². The van der Waals surface area contributed by atoms with Gasteiger partial charge in [0.2, 0.25) is 5.79 Å². The molecule has 0 aromatic carbocycles. The summed E-state index contributed by atoms with van der Waals surface area (Å²) in [7, 11) is 0. The molecule has 4 fully saturated rings. The Hall–Kier alpha value is -1.07. The maximum absolute atomic E-state index is 13.1. The highest BCUT2D eigenvalue weighted by molar-refractivity contribution is 5.73. The fourth-order valence-electron chi connectivity index (χ4n) is 6.78. The first kappa shape index (κ1) is 17.1. The molecule has 144 valence electrons. The van der Waals surface area contributed by atoms with Crippen molar-refractivity contribution in [3.63, 3.8) is 0 Å². The van der Waals surface area contributed by atoms with E-state index >= 15 is 0 Å². The van der Waals surface area contributed by atoms with E-state index in [-0.39, 0.29) is 35.4 Å². The third-order valence-corrected chi connectivity index (χ3v) is 8.29. The average Bonchev–Trinajstić information content (AvgIpc) is 3.10. The highest BCUT2D eigenvalue weighted by Gasteiger charge is 2.58. The molecule has 1 unspecified atom stereocenters. The molecule has 0 bridgehead atoms. The molecule has 2 saturated carbocycles. The van der Waals surface area contributed by atoms with Crippen molar-refractivity contribution in [3.8, 4) is 0 Å². The number of hydrogen-bond acceptors (Lipinski definition) is 5. The fourth-order valence-corrected chi connectivity index (χ4v) is 6.78. The van der Waals surface area contributed by atoms with Crippen LogP contribution in [0.4, 0.5) is 0 Å². The van der Waals surface area contributed by atoms with Crippen molar-refractivity contribution < 1.29 is 24.1 Å². The molecule has 5 rings (SSSR count). The van der Waals surface area contributed by atoms with Gasteiger partial charge in [0.25, 0.3) is 0 Å². The lowest BCUT2D eigenvalue weighted by Crippen LogP contribution is -2.50. The van der Waals surface area contributed by atoms with E-state index in [0.29, 0.717) is 18.4 Å². The SMILES string of the molecule is C[C@]12OC=C3CC[C@H]4[C@@H](CCC5C[C@@H](O)CC[C@@]54C)C(=O)O[C@H](CO1)[C@@H]32. The van der Waals surface area contributed by atoms with E-state index < -0.39 is 5.79 Å². The number of aliphatic hydroxyl groups excluding tert-OH is 1. The Bertz CT molecular complexity index is 644. The molecule has 8 atom stereocenters. The Morgan fingerprint density at radius 3 is 2.88 bits per heavy atom. The van der Waals surface area contributed by atoms with Crippen molar-refractivity contribution in [2.24, 2.45) is 29.1 Å². The van der Waals surface area contributed by atoms with Crippen molar-refractivity contribution in [3.05, 3.63) is 11.8 Å². The third kappa shape index (κ3) is 2.32. The van der Waals surface area contributed by atoms with Gasteiger partial charge in [-0.1, -0.05) is 6.92 Å². The van der Waals surface area contributed by atoms with Crippen molar-refractivity contribution in [1.82, 2.24) is 0 Å². The van der Waals surface area contributed by atoms with E-state index in [0.717, 1.165) is 44.9 Å². The zero-order valence-electron chi connectivity index (χ0n) is 15.8. The number of hydrogen-bond donors (Lipinski definition) is 1. The number of carbonyl (C=O) groups excluding carboxylic acids is 1. The number of ether oxygens (including phenoxy) is 3. The van der Waals surface area contributed by atoms with Crippen molar-refractivity contribution in [2.75, 3.05) is 6.61 Å². The normalized spacial score (nSPS) is 53.0. The summed E-state index contributed by atoms with van der Waals surface area (Å²) in [5, 5.41) is 10.1. The third-order valence-electron chi connectivity index (χ3n) is 8.29. The minimum atomic E-state index is -0.669. The van der Waals surface area contributed by atoms with Gasteiger partial charge in [-0.3, -0.25) is 4.79 Å². The first-order valence-electron chi connectivity index (χ1n) is 10.3. The van der Waals surface area contributed by atoms with Crippen LogP contribution in [-0.2, 0) is 19.0 Å². The second-order valence-corrected chi connectivity index (χ2v) is 9.55. The second kappa shape index (κ2) is 5.71. The lowest BCUT2D eigenvalue weighted by molar-refractivity contribution is -0.166. The van der Waals surface area contributed by atoms with Crippen LogP contribution in [0.2, 0.25) is 0 Å². The van der Waals surface area contributed by atoms with Crippen molar-refractivity contribution in [1.29, 1.82) is 0 Å². The van der Waals surface area contributed by atoms with Gasteiger partial charge in [-0.25, -0.2) is 0 Å². The molecule has 3 heterocycles. The van der Waals surface area contributed by atoms with Crippen LogP contribution in [0.3, 0.4) is 0 Å². The van der Waals surface area contributed by atoms with Crippen LogP contribution >= 0.6 is 0 Å². The number of carbonyl (C=O) groups is 1. The Morgan fingerprint density at radius 2 is 2.04 bits per heavy atom. The lowest BCUT2D eigenvalue weighted by Gasteiger charge is -2.54. The van der Waals surface area contributed by atoms with E-state index in [2.05, 4.69) is 6.92 Å². The predicted molar refractivity (Wildman–Crippen MR) is 93.8 cm³/mol. The molecular weight excluding hydrogens is 332 g/mol. The maximum Gasteiger partial charge on any atom is 0.309 e. The molecule has 0 aromatic rings. The molecule has 2 aliphatic carbocycles. The van der Waals surface area contributed by atoms with Crippen LogP contribution < -0.4 is 0 Å². The zero-order chi connectivity index (χ0) is 18.1. The van der Waals surface area contributed by atoms with E-state index in [1.54, 1.807) is 0 Å². The molecule has 0 amide bonds. The van der Waals surface area contributed by atoms with Gasteiger partial charge >= 0.3 is 5.97 Å². The largest absolute Gasteiger partial charge is 0.469 e. The molecular formula is C21H30O5. The van der Waals surface area contributed by atoms with Crippen LogP contribution in [0, 0.1) is 29.1 Å². The van der Waals surface area contributed by atoms with Crippen LogP contribution in [0.15, 0.2) is 11.8 Å². The average molecular weight is 362 g/mol. The topological polar surface area (TPSA) is 65.0 Å². The molecule has 26 heavy (non-hydrogen) atoms. The van der Waals surface area contributed by atoms with Crippen LogP contribution in [0.5, 0.6) is 0 Å². The van der Waals surface area contributed by atoms with Gasteiger partial charge < -0.3 is 19.3 Å². The molecule has 5 heteroatoms. The highest BCUT2D eigenvalue weighted by Crippen LogP contribution is 2.58. The molecule has 3 aliphatic heterocycles. The van der Waals surface area contributed by atoms with E-state index in [1.807, 2.05) is 13.2 Å². The summed E-state index contributed by atoms with van der Waals surface area (Å²) in [6, 6.07) is 0. The molecule has 0 spiro atoms. The molecule has 5 nitrogen and oxygen atoms in total. The number of aliphatic hydroxyl groups is 1. The van der Waals surface area contributed by atoms with Crippen molar-refractivity contribution in [2.45, 2.75) is 76.8 Å². The molecule has 2 saturated heterocycles. The maximum atomic E-state index is 13.1. The van der Waals surface area contributed by atoms with Crippen LogP contribution in [-0.4, -0.2) is 35.7 Å². The van der Waals surface area contributed by atoms with Crippen LogP contribution in [0.1, 0.15) is 58.8 Å². The smallest absolute Gasteiger partial charge is 0.309 e. The molecule has 0 aromatic heterocycles. The Morgan fingerprint density at radius 1 is 1.19 bits per heavy atom. The summed E-state index contributed by atoms with van der Waals surface area (Å²) in [5.74, 6) is 0.155. The highest BCUT2D eigenvalue weighted by atomic mass is 16.7. The fraction of sp³-hybridized carbons (Fsp3) is 0.857. The van der Waals surface area contributed by atoms with Gasteiger partial charge in [-0.15, -0.1) is 0 Å². The number of rotatable bonds is 0. The van der Waals surface area contributed by atoms with Gasteiger partial charge in [0, 0.05) is 6.92 Å². The standard InChI is InChI=1S/C21H30O5/c1-20-8-7-14(22)9-13(20)4-5-15-16(20)6-3-12-10-24-21(2)18(12)17(11-25-21)26-19(15)23/h10,13-18,22H,3-9,11H2,1-2H3/t13?,14-,15+,16-,17+,18+,20-,21-/m0/s1. The van der Waals surface area contributed by atoms with E-state index in [9.17, 15) is 9.90 Å². The van der Waals surface area contributed by atoms with Gasteiger partial charge in [0.1, 0.15) is 6.10 Å².